The largest absolute Gasteiger partial charge is 0.508 e. The van der Waals surface area contributed by atoms with Crippen molar-refractivity contribution in [2.75, 3.05) is 44.4 Å². The Morgan fingerprint density at radius 1 is 1.10 bits per heavy atom. The van der Waals surface area contributed by atoms with Gasteiger partial charge >= 0.3 is 6.01 Å². The fourth-order valence-corrected chi connectivity index (χ4v) is 9.46. The summed E-state index contributed by atoms with van der Waals surface area (Å²) in [5.41, 5.74) is 0.600. The van der Waals surface area contributed by atoms with Crippen LogP contribution in [0.25, 0.3) is 32.9 Å². The number of aliphatic hydroxyl groups excluding tert-OH is 1. The second kappa shape index (κ2) is 10.8. The normalized spacial score (nSPS) is 29.1. The van der Waals surface area contributed by atoms with Crippen molar-refractivity contribution in [2.24, 2.45) is 17.3 Å². The maximum absolute atomic E-state index is 17.2. The minimum Gasteiger partial charge on any atom is -0.508 e. The lowest BCUT2D eigenvalue weighted by Gasteiger charge is -2.40. The summed E-state index contributed by atoms with van der Waals surface area (Å²) in [5.74, 6) is 0.902. The van der Waals surface area contributed by atoms with E-state index in [2.05, 4.69) is 15.1 Å². The van der Waals surface area contributed by atoms with E-state index in [0.29, 0.717) is 65.6 Å². The van der Waals surface area contributed by atoms with E-state index in [1.807, 2.05) is 6.92 Å². The van der Waals surface area contributed by atoms with Crippen LogP contribution in [0, 0.1) is 28.9 Å². The Balaban J connectivity index is 1.09. The number of pyridine rings is 1. The van der Waals surface area contributed by atoms with Gasteiger partial charge in [0.15, 0.2) is 5.82 Å². The van der Waals surface area contributed by atoms with E-state index in [4.69, 9.17) is 24.4 Å². The third kappa shape index (κ3) is 4.70. The van der Waals surface area contributed by atoms with E-state index in [0.717, 1.165) is 38.8 Å². The zero-order valence-electron chi connectivity index (χ0n) is 27.5. The van der Waals surface area contributed by atoms with Gasteiger partial charge in [-0.2, -0.15) is 9.97 Å². The van der Waals surface area contributed by atoms with Crippen LogP contribution in [-0.4, -0.2) is 93.7 Å². The number of rotatable bonds is 8. The molecule has 5 fully saturated rings. The highest BCUT2D eigenvalue weighted by Gasteiger charge is 2.55. The highest BCUT2D eigenvalue weighted by Crippen LogP contribution is 2.54. The molecule has 2 bridgehead atoms. The monoisotopic (exact) mass is 670 g/mol. The van der Waals surface area contributed by atoms with Gasteiger partial charge in [-0.3, -0.25) is 4.90 Å². The number of phenols is 1. The standard InChI is InChI=1S/C37H40F2N6O4/c1-2-22-25(38)5-3-18-9-21(47)11-24(29(18)22)32-31(39)33-30-34(45-13-20-4-6-26(40-20)28(45)15-48-35(30)41-32)43-36(42-33)49-17-37(7-8-37)16-44-12-19-10-23(19)27(44)14-46/h3,5,9,11,19-20,23,26-28,40,46-47H,2,4,6-8,10,12-17H2,1H3/t19-,20-,23-,26+,27-,28-/m1/s1. The van der Waals surface area contributed by atoms with Crippen molar-refractivity contribution in [1.29, 1.82) is 0 Å². The van der Waals surface area contributed by atoms with E-state index in [9.17, 15) is 10.2 Å². The van der Waals surface area contributed by atoms with Gasteiger partial charge in [0.05, 0.1) is 19.3 Å². The number of aromatic hydroxyl groups is 1. The predicted octanol–water partition coefficient (Wildman–Crippen LogP) is 4.56. The highest BCUT2D eigenvalue weighted by molar-refractivity contribution is 6.03. The number of hydrogen-bond acceptors (Lipinski definition) is 10. The topological polar surface area (TPSA) is 116 Å². The molecule has 4 aliphatic heterocycles. The molecule has 256 valence electrons. The summed E-state index contributed by atoms with van der Waals surface area (Å²) in [6.45, 7) is 5.33. The molecule has 0 radical (unpaired) electrons. The summed E-state index contributed by atoms with van der Waals surface area (Å²) in [7, 11) is 0. The Morgan fingerprint density at radius 2 is 1.98 bits per heavy atom. The van der Waals surface area contributed by atoms with Crippen LogP contribution < -0.4 is 19.7 Å². The molecule has 3 saturated heterocycles. The Kier molecular flexibility index (Phi) is 6.62. The van der Waals surface area contributed by atoms with Crippen molar-refractivity contribution < 1.29 is 28.5 Å². The quantitative estimate of drug-likeness (QED) is 0.246. The number of nitrogens with zero attached hydrogens (tertiary/aromatic N) is 5. The number of ether oxygens (including phenoxy) is 2. The molecule has 4 aromatic rings. The first-order valence-electron chi connectivity index (χ1n) is 17.8. The van der Waals surface area contributed by atoms with Gasteiger partial charge in [0.25, 0.3) is 0 Å². The van der Waals surface area contributed by atoms with Crippen molar-refractivity contribution in [3.63, 3.8) is 0 Å². The summed E-state index contributed by atoms with van der Waals surface area (Å²) >= 11 is 0. The second-order valence-corrected chi connectivity index (χ2v) is 15.3. The fourth-order valence-electron chi connectivity index (χ4n) is 9.46. The molecule has 0 spiro atoms. The number of aromatic nitrogens is 3. The molecule has 6 aliphatic rings. The third-order valence-corrected chi connectivity index (χ3v) is 12.3. The number of piperazine rings is 1. The number of halogens is 2. The molecule has 10 nitrogen and oxygen atoms in total. The van der Waals surface area contributed by atoms with Crippen molar-refractivity contribution in [1.82, 2.24) is 25.2 Å². The third-order valence-electron chi connectivity index (χ3n) is 12.3. The molecule has 3 N–H and O–H groups in total. The summed E-state index contributed by atoms with van der Waals surface area (Å²) in [6.07, 6.45) is 5.67. The lowest BCUT2D eigenvalue weighted by Crippen LogP contribution is -2.60. The van der Waals surface area contributed by atoms with Gasteiger partial charge in [0.1, 0.15) is 40.6 Å². The van der Waals surface area contributed by atoms with Crippen molar-refractivity contribution in [2.45, 2.75) is 69.6 Å². The Morgan fingerprint density at radius 3 is 2.80 bits per heavy atom. The van der Waals surface area contributed by atoms with Gasteiger partial charge in [-0.1, -0.05) is 13.0 Å². The van der Waals surface area contributed by atoms with Gasteiger partial charge < -0.3 is 29.9 Å². The van der Waals surface area contributed by atoms with Gasteiger partial charge in [-0.25, -0.2) is 13.8 Å². The number of phenolic OH excluding ortho intramolecular Hbond substituents is 1. The van der Waals surface area contributed by atoms with Crippen molar-refractivity contribution >= 4 is 27.5 Å². The molecular weight excluding hydrogens is 630 g/mol. The van der Waals surface area contributed by atoms with Gasteiger partial charge in [0.2, 0.25) is 5.88 Å². The Bertz CT molecular complexity index is 2030. The molecule has 10 rings (SSSR count). The van der Waals surface area contributed by atoms with E-state index >= 15 is 8.78 Å². The summed E-state index contributed by atoms with van der Waals surface area (Å²) in [6, 6.07) is 6.71. The van der Waals surface area contributed by atoms with Crippen molar-refractivity contribution in [3.8, 4) is 28.9 Å². The average Bonchev–Trinajstić information content (AvgIpc) is 3.99. The number of aliphatic hydroxyl groups is 1. The van der Waals surface area contributed by atoms with Crippen LogP contribution in [0.15, 0.2) is 24.3 Å². The second-order valence-electron chi connectivity index (χ2n) is 15.3. The Labute approximate surface area is 282 Å². The number of nitrogens with one attached hydrogen (secondary N) is 1. The maximum Gasteiger partial charge on any atom is 0.319 e. The average molecular weight is 671 g/mol. The van der Waals surface area contributed by atoms with Gasteiger partial charge in [0, 0.05) is 48.7 Å². The molecule has 2 saturated carbocycles. The van der Waals surface area contributed by atoms with Crippen LogP contribution >= 0.6 is 0 Å². The number of anilines is 1. The molecular formula is C37H40F2N6O4. The van der Waals surface area contributed by atoms with E-state index in [1.54, 1.807) is 12.1 Å². The van der Waals surface area contributed by atoms with Crippen LogP contribution in [0.3, 0.4) is 0 Å². The van der Waals surface area contributed by atoms with Crippen LogP contribution in [0.2, 0.25) is 0 Å². The summed E-state index contributed by atoms with van der Waals surface area (Å²) in [5, 5.41) is 26.0. The highest BCUT2D eigenvalue weighted by atomic mass is 19.1. The van der Waals surface area contributed by atoms with Gasteiger partial charge in [-0.15, -0.1) is 0 Å². The molecule has 6 atom stereocenters. The van der Waals surface area contributed by atoms with Crippen LogP contribution in [0.4, 0.5) is 14.6 Å². The number of piperidine rings is 1. The molecule has 12 heteroatoms. The minimum absolute atomic E-state index is 0.0299. The molecule has 6 heterocycles. The summed E-state index contributed by atoms with van der Waals surface area (Å²) in [4.78, 5) is 19.1. The number of likely N-dealkylation sites (tertiary alicyclic amines) is 1. The zero-order chi connectivity index (χ0) is 33.2. The Hall–Kier alpha value is -3.87. The first-order valence-corrected chi connectivity index (χ1v) is 17.8. The number of fused-ring (bicyclic) bond motifs is 7. The molecule has 0 amide bonds. The molecule has 2 aliphatic carbocycles. The van der Waals surface area contributed by atoms with E-state index in [-0.39, 0.29) is 70.6 Å². The van der Waals surface area contributed by atoms with Crippen LogP contribution in [0.1, 0.15) is 44.6 Å². The lowest BCUT2D eigenvalue weighted by atomic mass is 9.94. The SMILES string of the molecule is CCc1c(F)ccc2cc(O)cc(-c3nc4c5c(nc(OCC6(CN7C[C@H]8C[C@H]8[C@H]7CO)CC6)nc5c3F)N3C[C@H]5CC[C@H](N5)[C@H]3CO4)c12. The maximum atomic E-state index is 17.2. The molecule has 0 unspecified atom stereocenters. The first kappa shape index (κ1) is 30.0. The fraction of sp³-hybridized carbons (Fsp3) is 0.541. The minimum atomic E-state index is -0.700. The predicted molar refractivity (Wildman–Crippen MR) is 179 cm³/mol. The summed E-state index contributed by atoms with van der Waals surface area (Å²) < 4.78 is 45.1. The number of aryl methyl sites for hydroxylation is 1. The molecule has 49 heavy (non-hydrogen) atoms. The number of hydrogen-bond donors (Lipinski definition) is 3. The first-order chi connectivity index (χ1) is 23.8. The van der Waals surface area contributed by atoms with Crippen LogP contribution in [0.5, 0.6) is 17.6 Å². The van der Waals surface area contributed by atoms with Gasteiger partial charge in [-0.05, 0) is 84.9 Å². The molecule has 2 aromatic carbocycles. The van der Waals surface area contributed by atoms with E-state index in [1.165, 1.54) is 18.6 Å². The zero-order valence-corrected chi connectivity index (χ0v) is 27.5. The number of benzene rings is 2. The van der Waals surface area contributed by atoms with Crippen molar-refractivity contribution in [3.05, 3.63) is 41.5 Å². The van der Waals surface area contributed by atoms with E-state index < -0.39 is 11.6 Å². The smallest absolute Gasteiger partial charge is 0.319 e. The molecule has 2 aromatic heterocycles. The lowest BCUT2D eigenvalue weighted by molar-refractivity contribution is 0.0966. The van der Waals surface area contributed by atoms with Crippen LogP contribution in [-0.2, 0) is 6.42 Å².